The lowest BCUT2D eigenvalue weighted by molar-refractivity contribution is 0.149. The first-order valence-electron chi connectivity index (χ1n) is 9.09. The van der Waals surface area contributed by atoms with E-state index in [1.807, 2.05) is 24.5 Å². The predicted octanol–water partition coefficient (Wildman–Crippen LogP) is 4.59. The number of aromatic nitrogens is 1. The Hall–Kier alpha value is -2.07. The van der Waals surface area contributed by atoms with Crippen LogP contribution in [0.5, 0.6) is 11.5 Å². The molecule has 4 nitrogen and oxygen atoms in total. The van der Waals surface area contributed by atoms with E-state index in [9.17, 15) is 0 Å². The topological polar surface area (TPSA) is 57.4 Å². The Bertz CT molecular complexity index is 728. The van der Waals surface area contributed by atoms with Gasteiger partial charge in [0.25, 0.3) is 0 Å². The largest absolute Gasteiger partial charge is 0.492 e. The minimum Gasteiger partial charge on any atom is -0.492 e. The van der Waals surface area contributed by atoms with Crippen molar-refractivity contribution in [3.63, 3.8) is 0 Å². The zero-order valence-electron chi connectivity index (χ0n) is 15.5. The fraction of sp³-hybridized carbons (Fsp3) is 0.476. The maximum absolute atomic E-state index is 6.28. The molecule has 1 aromatic heterocycles. The molecule has 0 fully saturated rings. The number of ether oxygens (including phenoxy) is 2. The number of fused-ring (bicyclic) bond motifs is 3. The van der Waals surface area contributed by atoms with Gasteiger partial charge in [0.15, 0.2) is 0 Å². The van der Waals surface area contributed by atoms with E-state index in [1.54, 1.807) is 0 Å². The number of rotatable bonds is 6. The van der Waals surface area contributed by atoms with Gasteiger partial charge in [0.1, 0.15) is 24.2 Å². The van der Waals surface area contributed by atoms with E-state index in [2.05, 4.69) is 44.8 Å². The number of hydrogen-bond acceptors (Lipinski definition) is 4. The summed E-state index contributed by atoms with van der Waals surface area (Å²) in [5.74, 6) is 2.60. The third-order valence-electron chi connectivity index (χ3n) is 4.50. The molecular weight excluding hydrogens is 312 g/mol. The summed E-state index contributed by atoms with van der Waals surface area (Å²) >= 11 is 0. The molecule has 2 unspecified atom stereocenters. The van der Waals surface area contributed by atoms with E-state index in [0.29, 0.717) is 18.4 Å². The van der Waals surface area contributed by atoms with Crippen LogP contribution >= 0.6 is 0 Å². The molecular formula is C21H28N2O2. The normalized spacial score (nSPS) is 17.0. The predicted molar refractivity (Wildman–Crippen MR) is 101 cm³/mol. The lowest BCUT2D eigenvalue weighted by atomic mass is 9.89. The lowest BCUT2D eigenvalue weighted by Crippen LogP contribution is -2.29. The third kappa shape index (κ3) is 3.96. The van der Waals surface area contributed by atoms with Gasteiger partial charge in [-0.2, -0.15) is 0 Å². The lowest BCUT2D eigenvalue weighted by Gasteiger charge is -2.31. The molecule has 0 saturated heterocycles. The van der Waals surface area contributed by atoms with E-state index < -0.39 is 0 Å². The molecule has 4 heteroatoms. The summed E-state index contributed by atoms with van der Waals surface area (Å²) in [4.78, 5) is 4.27. The van der Waals surface area contributed by atoms with E-state index >= 15 is 0 Å². The highest BCUT2D eigenvalue weighted by Crippen LogP contribution is 2.45. The highest BCUT2D eigenvalue weighted by molar-refractivity contribution is 5.76. The highest BCUT2D eigenvalue weighted by Gasteiger charge is 2.28. The van der Waals surface area contributed by atoms with Crippen molar-refractivity contribution in [2.24, 2.45) is 17.6 Å². The second kappa shape index (κ2) is 7.44. The van der Waals surface area contributed by atoms with Crippen molar-refractivity contribution >= 4 is 0 Å². The highest BCUT2D eigenvalue weighted by atomic mass is 16.5. The molecule has 1 aliphatic rings. The van der Waals surface area contributed by atoms with Crippen LogP contribution in [0.3, 0.4) is 0 Å². The van der Waals surface area contributed by atoms with E-state index in [1.165, 1.54) is 5.56 Å². The van der Waals surface area contributed by atoms with E-state index in [-0.39, 0.29) is 12.1 Å². The van der Waals surface area contributed by atoms with Gasteiger partial charge in [-0.25, -0.2) is 0 Å². The SMILES string of the molecule is CC(C)CC(N)COc1ccc2c(c1)OC(C(C)C)c1cnccc1-2. The number of benzene rings is 1. The van der Waals surface area contributed by atoms with Crippen LogP contribution in [-0.2, 0) is 0 Å². The first-order chi connectivity index (χ1) is 12.0. The number of pyridine rings is 1. The van der Waals surface area contributed by atoms with Gasteiger partial charge < -0.3 is 15.2 Å². The van der Waals surface area contributed by atoms with Gasteiger partial charge in [0, 0.05) is 35.6 Å². The second-order valence-electron chi connectivity index (χ2n) is 7.60. The molecule has 2 aromatic rings. The number of nitrogens with zero attached hydrogens (tertiary/aromatic N) is 1. The van der Waals surface area contributed by atoms with Crippen molar-refractivity contribution in [3.8, 4) is 22.6 Å². The molecule has 1 aliphatic heterocycles. The van der Waals surface area contributed by atoms with Gasteiger partial charge in [0.2, 0.25) is 0 Å². The Balaban J connectivity index is 1.82. The average Bonchev–Trinajstić information content (AvgIpc) is 2.58. The van der Waals surface area contributed by atoms with Gasteiger partial charge in [-0.3, -0.25) is 4.98 Å². The minimum atomic E-state index is 0.00893. The molecule has 3 rings (SSSR count). The van der Waals surface area contributed by atoms with Gasteiger partial charge in [-0.1, -0.05) is 27.7 Å². The van der Waals surface area contributed by atoms with Crippen molar-refractivity contribution in [2.75, 3.05) is 6.61 Å². The zero-order valence-corrected chi connectivity index (χ0v) is 15.5. The van der Waals surface area contributed by atoms with E-state index in [4.69, 9.17) is 15.2 Å². The standard InChI is InChI=1S/C21H28N2O2/c1-13(2)9-15(22)12-24-16-5-6-18-17-7-8-23-11-19(17)21(14(3)4)25-20(18)10-16/h5-8,10-11,13-15,21H,9,12,22H2,1-4H3. The van der Waals surface area contributed by atoms with Crippen LogP contribution in [0.25, 0.3) is 11.1 Å². The molecule has 0 aliphatic carbocycles. The molecule has 0 radical (unpaired) electrons. The summed E-state index contributed by atoms with van der Waals surface area (Å²) in [6.45, 7) is 9.19. The van der Waals surface area contributed by atoms with Gasteiger partial charge in [-0.05, 0) is 42.0 Å². The summed E-state index contributed by atoms with van der Waals surface area (Å²) < 4.78 is 12.2. The van der Waals surface area contributed by atoms with Crippen LogP contribution in [0.15, 0.2) is 36.7 Å². The Morgan fingerprint density at radius 1 is 1.16 bits per heavy atom. The summed E-state index contributed by atoms with van der Waals surface area (Å²) in [5.41, 5.74) is 9.56. The van der Waals surface area contributed by atoms with Gasteiger partial charge >= 0.3 is 0 Å². The maximum atomic E-state index is 6.28. The smallest absolute Gasteiger partial charge is 0.131 e. The average molecular weight is 340 g/mol. The Morgan fingerprint density at radius 2 is 1.96 bits per heavy atom. The molecule has 1 aromatic carbocycles. The summed E-state index contributed by atoms with van der Waals surface area (Å²) in [6, 6.07) is 8.15. The van der Waals surface area contributed by atoms with E-state index in [0.717, 1.165) is 29.0 Å². The first-order valence-corrected chi connectivity index (χ1v) is 9.09. The first kappa shape index (κ1) is 17.7. The van der Waals surface area contributed by atoms with Crippen molar-refractivity contribution in [1.29, 1.82) is 0 Å². The van der Waals surface area contributed by atoms with Crippen LogP contribution < -0.4 is 15.2 Å². The quantitative estimate of drug-likeness (QED) is 0.835. The molecule has 0 amide bonds. The van der Waals surface area contributed by atoms with Crippen molar-refractivity contribution in [1.82, 2.24) is 4.98 Å². The van der Waals surface area contributed by atoms with Crippen LogP contribution in [0.1, 0.15) is 45.8 Å². The summed E-state index contributed by atoms with van der Waals surface area (Å²) in [5, 5.41) is 0. The van der Waals surface area contributed by atoms with Gasteiger partial charge in [-0.15, -0.1) is 0 Å². The molecule has 134 valence electrons. The van der Waals surface area contributed by atoms with Gasteiger partial charge in [0.05, 0.1) is 0 Å². The third-order valence-corrected chi connectivity index (χ3v) is 4.50. The van der Waals surface area contributed by atoms with Crippen molar-refractivity contribution in [3.05, 3.63) is 42.2 Å². The Morgan fingerprint density at radius 3 is 2.68 bits per heavy atom. The molecule has 0 bridgehead atoms. The van der Waals surface area contributed by atoms with Crippen LogP contribution in [0, 0.1) is 11.8 Å². The summed E-state index contributed by atoms with van der Waals surface area (Å²) in [7, 11) is 0. The minimum absolute atomic E-state index is 0.00893. The number of hydrogen-bond donors (Lipinski definition) is 1. The number of nitrogens with two attached hydrogens (primary N) is 1. The molecule has 25 heavy (non-hydrogen) atoms. The zero-order chi connectivity index (χ0) is 18.0. The monoisotopic (exact) mass is 340 g/mol. The maximum Gasteiger partial charge on any atom is 0.131 e. The molecule has 0 spiro atoms. The fourth-order valence-electron chi connectivity index (χ4n) is 3.36. The molecule has 2 atom stereocenters. The summed E-state index contributed by atoms with van der Waals surface area (Å²) in [6.07, 6.45) is 4.71. The van der Waals surface area contributed by atoms with Crippen LogP contribution in [0.4, 0.5) is 0 Å². The fourth-order valence-corrected chi connectivity index (χ4v) is 3.36. The Kier molecular flexibility index (Phi) is 5.28. The molecule has 0 saturated carbocycles. The Labute approximate surface area is 150 Å². The van der Waals surface area contributed by atoms with Crippen LogP contribution in [0.2, 0.25) is 0 Å². The second-order valence-corrected chi connectivity index (χ2v) is 7.60. The molecule has 2 heterocycles. The van der Waals surface area contributed by atoms with Crippen molar-refractivity contribution in [2.45, 2.75) is 46.3 Å². The van der Waals surface area contributed by atoms with Crippen LogP contribution in [-0.4, -0.2) is 17.6 Å². The van der Waals surface area contributed by atoms with Crippen molar-refractivity contribution < 1.29 is 9.47 Å². The molecule has 2 N–H and O–H groups in total.